The molecule has 0 saturated heterocycles. The van der Waals surface area contributed by atoms with Crippen molar-refractivity contribution in [2.24, 2.45) is 0 Å². The minimum atomic E-state index is 0.840. The predicted octanol–water partition coefficient (Wildman–Crippen LogP) is 2.92. The van der Waals surface area contributed by atoms with E-state index in [1.165, 1.54) is 5.56 Å². The van der Waals surface area contributed by atoms with E-state index in [2.05, 4.69) is 40.4 Å². The molecule has 0 bridgehead atoms. The lowest BCUT2D eigenvalue weighted by molar-refractivity contribution is 0.833. The van der Waals surface area contributed by atoms with Gasteiger partial charge in [-0.25, -0.2) is 0 Å². The fourth-order valence-electron chi connectivity index (χ4n) is 1.69. The topological polar surface area (TPSA) is 43.1 Å². The summed E-state index contributed by atoms with van der Waals surface area (Å²) in [5.74, 6) is 0.903. The van der Waals surface area contributed by atoms with Gasteiger partial charge in [-0.1, -0.05) is 54.7 Å². The first-order valence-electron chi connectivity index (χ1n) is 5.81. The first-order chi connectivity index (χ1) is 8.86. The molecule has 1 aromatic carbocycles. The number of aromatic nitrogens is 4. The molecule has 3 rings (SSSR count). The SMILES string of the molecule is CCc1nnc2sc(/C=C\c3ccccc3)nn12. The van der Waals surface area contributed by atoms with Gasteiger partial charge in [0.05, 0.1) is 0 Å². The van der Waals surface area contributed by atoms with Gasteiger partial charge in [-0.15, -0.1) is 10.2 Å². The van der Waals surface area contributed by atoms with Crippen LogP contribution in [0.3, 0.4) is 0 Å². The van der Waals surface area contributed by atoms with Crippen LogP contribution in [0.4, 0.5) is 0 Å². The van der Waals surface area contributed by atoms with Crippen LogP contribution in [0, 0.1) is 0 Å². The number of hydrogen-bond acceptors (Lipinski definition) is 4. The van der Waals surface area contributed by atoms with Gasteiger partial charge in [-0.3, -0.25) is 0 Å². The molecule has 5 heteroatoms. The summed E-state index contributed by atoms with van der Waals surface area (Å²) in [7, 11) is 0. The van der Waals surface area contributed by atoms with Crippen molar-refractivity contribution in [2.45, 2.75) is 13.3 Å². The Morgan fingerprint density at radius 1 is 1.17 bits per heavy atom. The van der Waals surface area contributed by atoms with Crippen molar-refractivity contribution >= 4 is 28.4 Å². The van der Waals surface area contributed by atoms with E-state index in [9.17, 15) is 0 Å². The van der Waals surface area contributed by atoms with Crippen LogP contribution in [-0.2, 0) is 6.42 Å². The molecule has 0 aliphatic rings. The van der Waals surface area contributed by atoms with Gasteiger partial charge >= 0.3 is 0 Å². The van der Waals surface area contributed by atoms with Crippen LogP contribution in [0.25, 0.3) is 17.1 Å². The zero-order valence-corrected chi connectivity index (χ0v) is 10.8. The molecule has 0 amide bonds. The van der Waals surface area contributed by atoms with Gasteiger partial charge in [0.25, 0.3) is 0 Å². The average molecular weight is 256 g/mol. The summed E-state index contributed by atoms with van der Waals surface area (Å²) in [6.07, 6.45) is 4.90. The van der Waals surface area contributed by atoms with Crippen LogP contribution in [-0.4, -0.2) is 19.8 Å². The maximum absolute atomic E-state index is 4.48. The van der Waals surface area contributed by atoms with E-state index in [4.69, 9.17) is 0 Å². The van der Waals surface area contributed by atoms with Gasteiger partial charge in [0.2, 0.25) is 4.96 Å². The number of aryl methyl sites for hydroxylation is 1. The van der Waals surface area contributed by atoms with Crippen molar-refractivity contribution in [3.05, 3.63) is 46.7 Å². The zero-order chi connectivity index (χ0) is 12.4. The Bertz CT molecular complexity index is 681. The Labute approximate surface area is 109 Å². The molecule has 0 atom stereocenters. The van der Waals surface area contributed by atoms with Crippen LogP contribution < -0.4 is 0 Å². The highest BCUT2D eigenvalue weighted by atomic mass is 32.1. The average Bonchev–Trinajstić information content (AvgIpc) is 2.97. The molecule has 3 aromatic rings. The van der Waals surface area contributed by atoms with E-state index in [-0.39, 0.29) is 0 Å². The van der Waals surface area contributed by atoms with Crippen molar-refractivity contribution in [3.8, 4) is 0 Å². The minimum Gasteiger partial charge on any atom is -0.187 e. The number of rotatable bonds is 3. The molecule has 0 radical (unpaired) electrons. The highest BCUT2D eigenvalue weighted by Gasteiger charge is 2.07. The Morgan fingerprint density at radius 3 is 2.78 bits per heavy atom. The summed E-state index contributed by atoms with van der Waals surface area (Å²) >= 11 is 1.54. The second kappa shape index (κ2) is 4.70. The number of nitrogens with zero attached hydrogens (tertiary/aromatic N) is 4. The van der Waals surface area contributed by atoms with Gasteiger partial charge in [-0.2, -0.15) is 9.61 Å². The van der Waals surface area contributed by atoms with E-state index in [0.29, 0.717) is 0 Å². The molecule has 0 fully saturated rings. The van der Waals surface area contributed by atoms with Gasteiger partial charge in [0, 0.05) is 6.42 Å². The molecular weight excluding hydrogens is 244 g/mol. The fourth-order valence-corrected chi connectivity index (χ4v) is 2.45. The van der Waals surface area contributed by atoms with Crippen LogP contribution >= 0.6 is 11.3 Å². The smallest absolute Gasteiger partial charge is 0.187 e. The summed E-state index contributed by atoms with van der Waals surface area (Å²) in [6.45, 7) is 2.05. The first kappa shape index (κ1) is 11.1. The largest absolute Gasteiger partial charge is 0.234 e. The molecule has 4 nitrogen and oxygen atoms in total. The normalized spacial score (nSPS) is 11.6. The predicted molar refractivity (Wildman–Crippen MR) is 73.4 cm³/mol. The Kier molecular flexibility index (Phi) is 2.90. The number of fused-ring (bicyclic) bond motifs is 1. The molecule has 2 aromatic heterocycles. The Hall–Kier alpha value is -2.01. The lowest BCUT2D eigenvalue weighted by atomic mass is 10.2. The fraction of sp³-hybridized carbons (Fsp3) is 0.154. The lowest BCUT2D eigenvalue weighted by Gasteiger charge is -1.89. The molecule has 0 aliphatic heterocycles. The van der Waals surface area contributed by atoms with E-state index in [1.807, 2.05) is 28.8 Å². The molecule has 0 spiro atoms. The molecule has 0 saturated carbocycles. The summed E-state index contributed by atoms with van der Waals surface area (Å²) in [4.78, 5) is 0.847. The van der Waals surface area contributed by atoms with E-state index in [0.717, 1.165) is 22.2 Å². The molecule has 18 heavy (non-hydrogen) atoms. The van der Waals surface area contributed by atoms with Crippen molar-refractivity contribution in [3.63, 3.8) is 0 Å². The number of hydrogen-bond donors (Lipinski definition) is 0. The molecule has 2 heterocycles. The highest BCUT2D eigenvalue weighted by molar-refractivity contribution is 7.17. The third-order valence-corrected chi connectivity index (χ3v) is 3.47. The van der Waals surface area contributed by atoms with Gasteiger partial charge in [0.15, 0.2) is 5.82 Å². The van der Waals surface area contributed by atoms with Crippen LogP contribution in [0.15, 0.2) is 30.3 Å². The second-order valence-electron chi connectivity index (χ2n) is 3.85. The molecule has 0 N–H and O–H groups in total. The molecule has 0 unspecified atom stereocenters. The van der Waals surface area contributed by atoms with Crippen LogP contribution in [0.1, 0.15) is 23.3 Å². The van der Waals surface area contributed by atoms with Crippen molar-refractivity contribution in [1.82, 2.24) is 19.8 Å². The van der Waals surface area contributed by atoms with E-state index < -0.39 is 0 Å². The Morgan fingerprint density at radius 2 is 2.00 bits per heavy atom. The van der Waals surface area contributed by atoms with E-state index in [1.54, 1.807) is 11.3 Å². The lowest BCUT2D eigenvalue weighted by Crippen LogP contribution is -1.92. The molecule has 90 valence electrons. The summed E-state index contributed by atoms with van der Waals surface area (Å²) < 4.78 is 1.81. The Balaban J connectivity index is 1.91. The maximum Gasteiger partial charge on any atom is 0.234 e. The third-order valence-electron chi connectivity index (χ3n) is 2.61. The van der Waals surface area contributed by atoms with Crippen molar-refractivity contribution in [2.75, 3.05) is 0 Å². The van der Waals surface area contributed by atoms with Crippen molar-refractivity contribution in [1.29, 1.82) is 0 Å². The number of benzene rings is 1. The van der Waals surface area contributed by atoms with E-state index >= 15 is 0 Å². The first-order valence-corrected chi connectivity index (χ1v) is 6.62. The third kappa shape index (κ3) is 2.04. The molecular formula is C13H12N4S. The van der Waals surface area contributed by atoms with Gasteiger partial charge < -0.3 is 0 Å². The monoisotopic (exact) mass is 256 g/mol. The highest BCUT2D eigenvalue weighted by Crippen LogP contribution is 2.16. The molecule has 0 aliphatic carbocycles. The minimum absolute atomic E-state index is 0.840. The van der Waals surface area contributed by atoms with Crippen molar-refractivity contribution < 1.29 is 0 Å². The maximum atomic E-state index is 4.48. The standard InChI is InChI=1S/C13H12N4S/c1-2-11-14-15-13-17(11)16-12(18-13)9-8-10-6-4-3-5-7-10/h3-9H,2H2,1H3/b9-8-. The summed E-state index contributed by atoms with van der Waals surface area (Å²) in [5, 5.41) is 13.6. The quantitative estimate of drug-likeness (QED) is 0.723. The summed E-state index contributed by atoms with van der Waals surface area (Å²) in [6, 6.07) is 10.2. The van der Waals surface area contributed by atoms with Gasteiger partial charge in [-0.05, 0) is 11.6 Å². The van der Waals surface area contributed by atoms with Gasteiger partial charge in [0.1, 0.15) is 5.01 Å². The van der Waals surface area contributed by atoms with Crippen LogP contribution in [0.5, 0.6) is 0 Å². The van der Waals surface area contributed by atoms with Crippen LogP contribution in [0.2, 0.25) is 0 Å². The summed E-state index contributed by atoms with van der Waals surface area (Å²) in [5.41, 5.74) is 1.17. The zero-order valence-electron chi connectivity index (χ0n) is 9.95. The second-order valence-corrected chi connectivity index (χ2v) is 4.84.